The first-order chi connectivity index (χ1) is 9.77. The highest BCUT2D eigenvalue weighted by Gasteiger charge is 2.31. The summed E-state index contributed by atoms with van der Waals surface area (Å²) in [6.07, 6.45) is -4.28. The summed E-state index contributed by atoms with van der Waals surface area (Å²) in [6.45, 7) is 0. The number of hydrogen-bond donors (Lipinski definition) is 0. The molecule has 0 nitrogen and oxygen atoms in total. The molecule has 0 amide bonds. The Kier molecular flexibility index (Phi) is 4.94. The van der Waals surface area contributed by atoms with Crippen LogP contribution in [0.3, 0.4) is 0 Å². The van der Waals surface area contributed by atoms with Crippen LogP contribution in [0.25, 0.3) is 0 Å². The summed E-state index contributed by atoms with van der Waals surface area (Å²) in [5.41, 5.74) is -0.244. The Morgan fingerprint density at radius 2 is 1.81 bits per heavy atom. The second kappa shape index (κ2) is 6.36. The van der Waals surface area contributed by atoms with E-state index in [4.69, 9.17) is 11.6 Å². The molecule has 2 aromatic rings. The predicted octanol–water partition coefficient (Wildman–Crippen LogP) is 6.13. The van der Waals surface area contributed by atoms with Crippen molar-refractivity contribution in [3.8, 4) is 0 Å². The largest absolute Gasteiger partial charge is 0.416 e. The van der Waals surface area contributed by atoms with E-state index in [0.29, 0.717) is 6.07 Å². The predicted molar refractivity (Wildman–Crippen MR) is 77.8 cm³/mol. The van der Waals surface area contributed by atoms with Gasteiger partial charge in [0.1, 0.15) is 5.82 Å². The first kappa shape index (κ1) is 16.3. The summed E-state index contributed by atoms with van der Waals surface area (Å²) >= 11 is 9.39. The van der Waals surface area contributed by atoms with E-state index in [1.54, 1.807) is 18.2 Å². The summed E-state index contributed by atoms with van der Waals surface area (Å²) in [7, 11) is 0. The van der Waals surface area contributed by atoms with Crippen molar-refractivity contribution in [2.24, 2.45) is 0 Å². The number of halogens is 6. The topological polar surface area (TPSA) is 0 Å². The molecule has 6 heteroatoms. The van der Waals surface area contributed by atoms with Crippen LogP contribution >= 0.6 is 27.5 Å². The Labute approximate surface area is 132 Å². The summed E-state index contributed by atoms with van der Waals surface area (Å²) in [5.74, 6) is -0.738. The number of benzene rings is 2. The number of hydrogen-bond acceptors (Lipinski definition) is 0. The summed E-state index contributed by atoms with van der Waals surface area (Å²) in [4.78, 5) is 0. The molecule has 0 aromatic heterocycles. The van der Waals surface area contributed by atoms with Gasteiger partial charge in [-0.3, -0.25) is 0 Å². The zero-order valence-electron chi connectivity index (χ0n) is 10.6. The fourth-order valence-electron chi connectivity index (χ4n) is 1.94. The summed E-state index contributed by atoms with van der Waals surface area (Å²) in [5, 5.41) is -0.874. The van der Waals surface area contributed by atoms with Gasteiger partial charge in [-0.2, -0.15) is 13.2 Å². The van der Waals surface area contributed by atoms with E-state index in [0.717, 1.165) is 22.2 Å². The molecule has 2 rings (SSSR count). The Morgan fingerprint density at radius 1 is 1.10 bits per heavy atom. The van der Waals surface area contributed by atoms with Gasteiger partial charge in [-0.25, -0.2) is 4.39 Å². The van der Waals surface area contributed by atoms with Crippen molar-refractivity contribution >= 4 is 27.5 Å². The third kappa shape index (κ3) is 4.20. The van der Waals surface area contributed by atoms with Crippen LogP contribution in [0.2, 0.25) is 0 Å². The van der Waals surface area contributed by atoms with Gasteiger partial charge in [0.05, 0.1) is 10.9 Å². The highest BCUT2D eigenvalue weighted by Crippen LogP contribution is 2.34. The molecular weight excluding hydrogens is 372 g/mol. The first-order valence-electron chi connectivity index (χ1n) is 6.02. The molecule has 0 spiro atoms. The molecule has 0 aliphatic carbocycles. The standard InChI is InChI=1S/C15H10BrClF4/c16-11-3-1-2-9(6-11)7-13(17)12-8-10(15(19,20)21)4-5-14(12)18/h1-6,8,13H,7H2. The Hall–Kier alpha value is -1.07. The number of rotatable bonds is 3. The maximum atomic E-state index is 13.7. The van der Waals surface area contributed by atoms with Gasteiger partial charge in [0, 0.05) is 10.0 Å². The molecule has 0 heterocycles. The van der Waals surface area contributed by atoms with Crippen molar-refractivity contribution in [2.45, 2.75) is 18.0 Å². The van der Waals surface area contributed by atoms with Gasteiger partial charge in [0.25, 0.3) is 0 Å². The molecule has 1 atom stereocenters. The lowest BCUT2D eigenvalue weighted by Gasteiger charge is -2.14. The van der Waals surface area contributed by atoms with Crippen LogP contribution in [-0.2, 0) is 12.6 Å². The fourth-order valence-corrected chi connectivity index (χ4v) is 2.73. The molecule has 2 aromatic carbocycles. The molecular formula is C15H10BrClF4. The van der Waals surface area contributed by atoms with Crippen molar-refractivity contribution in [1.29, 1.82) is 0 Å². The monoisotopic (exact) mass is 380 g/mol. The molecule has 1 unspecified atom stereocenters. The SMILES string of the molecule is Fc1ccc(C(F)(F)F)cc1C(Cl)Cc1cccc(Br)c1. The van der Waals surface area contributed by atoms with Gasteiger partial charge < -0.3 is 0 Å². The van der Waals surface area contributed by atoms with Crippen LogP contribution in [0.4, 0.5) is 17.6 Å². The minimum Gasteiger partial charge on any atom is -0.207 e. The first-order valence-corrected chi connectivity index (χ1v) is 7.25. The lowest BCUT2D eigenvalue weighted by atomic mass is 10.0. The maximum Gasteiger partial charge on any atom is 0.416 e. The molecule has 0 bridgehead atoms. The second-order valence-corrected chi connectivity index (χ2v) is 5.98. The second-order valence-electron chi connectivity index (χ2n) is 4.54. The Balaban J connectivity index is 2.28. The molecule has 0 radical (unpaired) electrons. The molecule has 0 saturated carbocycles. The van der Waals surface area contributed by atoms with Gasteiger partial charge in [-0.15, -0.1) is 11.6 Å². The Bertz CT molecular complexity index is 640. The molecule has 0 aliphatic heterocycles. The normalized spacial score (nSPS) is 13.2. The molecule has 0 aliphatic rings. The van der Waals surface area contributed by atoms with Crippen LogP contribution in [0, 0.1) is 5.82 Å². The van der Waals surface area contributed by atoms with E-state index in [1.807, 2.05) is 6.07 Å². The summed E-state index contributed by atoms with van der Waals surface area (Å²) < 4.78 is 52.6. The maximum absolute atomic E-state index is 13.7. The summed E-state index contributed by atoms with van der Waals surface area (Å²) in [6, 6.07) is 9.46. The third-order valence-corrected chi connectivity index (χ3v) is 3.85. The molecule has 0 fully saturated rings. The van der Waals surface area contributed by atoms with E-state index in [9.17, 15) is 17.6 Å². The van der Waals surface area contributed by atoms with Gasteiger partial charge in [-0.1, -0.05) is 28.1 Å². The zero-order chi connectivity index (χ0) is 15.6. The van der Waals surface area contributed by atoms with Crippen molar-refractivity contribution in [1.82, 2.24) is 0 Å². The quantitative estimate of drug-likeness (QED) is 0.443. The minimum atomic E-state index is -4.52. The molecule has 0 saturated heterocycles. The van der Waals surface area contributed by atoms with Gasteiger partial charge in [0.15, 0.2) is 0 Å². The van der Waals surface area contributed by atoms with Crippen LogP contribution in [0.15, 0.2) is 46.9 Å². The lowest BCUT2D eigenvalue weighted by molar-refractivity contribution is -0.137. The Morgan fingerprint density at radius 3 is 2.43 bits per heavy atom. The van der Waals surface area contributed by atoms with E-state index < -0.39 is 22.9 Å². The highest BCUT2D eigenvalue weighted by atomic mass is 79.9. The van der Waals surface area contributed by atoms with Crippen LogP contribution in [-0.4, -0.2) is 0 Å². The highest BCUT2D eigenvalue weighted by molar-refractivity contribution is 9.10. The third-order valence-electron chi connectivity index (χ3n) is 2.96. The van der Waals surface area contributed by atoms with E-state index in [1.165, 1.54) is 0 Å². The van der Waals surface area contributed by atoms with E-state index in [-0.39, 0.29) is 12.0 Å². The van der Waals surface area contributed by atoms with Crippen molar-refractivity contribution in [3.63, 3.8) is 0 Å². The smallest absolute Gasteiger partial charge is 0.207 e. The van der Waals surface area contributed by atoms with Crippen molar-refractivity contribution in [2.75, 3.05) is 0 Å². The number of alkyl halides is 4. The van der Waals surface area contributed by atoms with Crippen LogP contribution in [0.5, 0.6) is 0 Å². The minimum absolute atomic E-state index is 0.147. The van der Waals surface area contributed by atoms with Gasteiger partial charge in [-0.05, 0) is 42.3 Å². The average Bonchev–Trinajstić information content (AvgIpc) is 2.37. The van der Waals surface area contributed by atoms with Crippen molar-refractivity contribution < 1.29 is 17.6 Å². The van der Waals surface area contributed by atoms with Gasteiger partial charge >= 0.3 is 6.18 Å². The average molecular weight is 382 g/mol. The molecule has 112 valence electrons. The van der Waals surface area contributed by atoms with Crippen molar-refractivity contribution in [3.05, 3.63) is 69.4 Å². The molecule has 21 heavy (non-hydrogen) atoms. The van der Waals surface area contributed by atoms with E-state index >= 15 is 0 Å². The zero-order valence-corrected chi connectivity index (χ0v) is 12.9. The van der Waals surface area contributed by atoms with Crippen LogP contribution in [0.1, 0.15) is 22.1 Å². The lowest BCUT2D eigenvalue weighted by Crippen LogP contribution is -2.08. The van der Waals surface area contributed by atoms with Gasteiger partial charge in [0.2, 0.25) is 0 Å². The molecule has 0 N–H and O–H groups in total. The van der Waals surface area contributed by atoms with Crippen LogP contribution < -0.4 is 0 Å². The van der Waals surface area contributed by atoms with E-state index in [2.05, 4.69) is 15.9 Å². The fraction of sp³-hybridized carbons (Fsp3) is 0.200.